The molecule has 1 atom stereocenters. The molecule has 0 amide bonds. The molecule has 2 heterocycles. The third kappa shape index (κ3) is 3.13. The van der Waals surface area contributed by atoms with Crippen LogP contribution in [0, 0.1) is 0 Å². The SMILES string of the molecule is O=C(O)c1ccnnc1OCC1CCCCO1. The van der Waals surface area contributed by atoms with Gasteiger partial charge in [-0.3, -0.25) is 0 Å². The highest BCUT2D eigenvalue weighted by Crippen LogP contribution is 2.17. The molecular weight excluding hydrogens is 224 g/mol. The molecule has 0 radical (unpaired) electrons. The van der Waals surface area contributed by atoms with E-state index in [1.54, 1.807) is 0 Å². The van der Waals surface area contributed by atoms with Crippen molar-refractivity contribution in [2.24, 2.45) is 0 Å². The Morgan fingerprint density at radius 2 is 2.47 bits per heavy atom. The van der Waals surface area contributed by atoms with Gasteiger partial charge in [0.15, 0.2) is 0 Å². The maximum atomic E-state index is 10.9. The second kappa shape index (κ2) is 5.58. The van der Waals surface area contributed by atoms with Gasteiger partial charge >= 0.3 is 5.97 Å². The standard InChI is InChI=1S/C11H14N2O4/c14-11(15)9-4-5-12-13-10(9)17-7-8-3-1-2-6-16-8/h4-5,8H,1-3,6-7H2,(H,14,15). The highest BCUT2D eigenvalue weighted by molar-refractivity contribution is 5.89. The third-order valence-corrected chi connectivity index (χ3v) is 2.60. The lowest BCUT2D eigenvalue weighted by Crippen LogP contribution is -2.26. The Bertz CT molecular complexity index is 391. The summed E-state index contributed by atoms with van der Waals surface area (Å²) in [6.45, 7) is 1.05. The quantitative estimate of drug-likeness (QED) is 0.846. The first-order chi connectivity index (χ1) is 8.27. The van der Waals surface area contributed by atoms with Gasteiger partial charge < -0.3 is 14.6 Å². The minimum absolute atomic E-state index is 0.0207. The molecular formula is C11H14N2O4. The Hall–Kier alpha value is -1.69. The average molecular weight is 238 g/mol. The summed E-state index contributed by atoms with van der Waals surface area (Å²) in [7, 11) is 0. The summed E-state index contributed by atoms with van der Waals surface area (Å²) >= 11 is 0. The van der Waals surface area contributed by atoms with Crippen LogP contribution >= 0.6 is 0 Å². The fourth-order valence-corrected chi connectivity index (χ4v) is 1.70. The monoisotopic (exact) mass is 238 g/mol. The summed E-state index contributed by atoms with van der Waals surface area (Å²) < 4.78 is 10.8. The van der Waals surface area contributed by atoms with Gasteiger partial charge in [-0.2, -0.15) is 5.10 Å². The molecule has 1 saturated heterocycles. The zero-order valence-electron chi connectivity index (χ0n) is 9.33. The van der Waals surface area contributed by atoms with Crippen LogP contribution in [0.1, 0.15) is 29.6 Å². The van der Waals surface area contributed by atoms with Gasteiger partial charge in [-0.15, -0.1) is 5.10 Å². The fourth-order valence-electron chi connectivity index (χ4n) is 1.70. The van der Waals surface area contributed by atoms with Crippen molar-refractivity contribution in [1.29, 1.82) is 0 Å². The van der Waals surface area contributed by atoms with Crippen molar-refractivity contribution < 1.29 is 19.4 Å². The van der Waals surface area contributed by atoms with E-state index in [-0.39, 0.29) is 17.5 Å². The first kappa shape index (κ1) is 11.8. The number of ether oxygens (including phenoxy) is 2. The minimum Gasteiger partial charge on any atom is -0.477 e. The van der Waals surface area contributed by atoms with Crippen LogP contribution in [-0.4, -0.2) is 40.6 Å². The second-order valence-electron chi connectivity index (χ2n) is 3.85. The lowest BCUT2D eigenvalue weighted by Gasteiger charge is -2.22. The number of carboxylic acids is 1. The van der Waals surface area contributed by atoms with Crippen molar-refractivity contribution >= 4 is 5.97 Å². The largest absolute Gasteiger partial charge is 0.477 e. The number of carboxylic acid groups (broad SMARTS) is 1. The molecule has 1 unspecified atom stereocenters. The van der Waals surface area contributed by atoms with E-state index in [1.165, 1.54) is 12.3 Å². The minimum atomic E-state index is -1.07. The normalized spacial score (nSPS) is 19.9. The summed E-state index contributed by atoms with van der Waals surface area (Å²) in [4.78, 5) is 10.9. The number of hydrogen-bond acceptors (Lipinski definition) is 5. The fraction of sp³-hybridized carbons (Fsp3) is 0.545. The highest BCUT2D eigenvalue weighted by Gasteiger charge is 2.17. The molecule has 92 valence electrons. The van der Waals surface area contributed by atoms with Crippen LogP contribution in [0.15, 0.2) is 12.3 Å². The van der Waals surface area contributed by atoms with E-state index in [1.807, 2.05) is 0 Å². The summed E-state index contributed by atoms with van der Waals surface area (Å²) in [5, 5.41) is 16.2. The lowest BCUT2D eigenvalue weighted by atomic mass is 10.1. The molecule has 6 heteroatoms. The van der Waals surface area contributed by atoms with Crippen molar-refractivity contribution in [2.45, 2.75) is 25.4 Å². The molecule has 0 bridgehead atoms. The number of nitrogens with zero attached hydrogens (tertiary/aromatic N) is 2. The predicted molar refractivity (Wildman–Crippen MR) is 58.1 cm³/mol. The molecule has 6 nitrogen and oxygen atoms in total. The maximum absolute atomic E-state index is 10.9. The lowest BCUT2D eigenvalue weighted by molar-refractivity contribution is -0.0124. The molecule has 1 fully saturated rings. The van der Waals surface area contributed by atoms with Crippen LogP contribution in [0.2, 0.25) is 0 Å². The van der Waals surface area contributed by atoms with Crippen LogP contribution in [0.3, 0.4) is 0 Å². The van der Waals surface area contributed by atoms with E-state index >= 15 is 0 Å². The highest BCUT2D eigenvalue weighted by atomic mass is 16.5. The first-order valence-corrected chi connectivity index (χ1v) is 5.57. The molecule has 1 aliphatic heterocycles. The van der Waals surface area contributed by atoms with Crippen molar-refractivity contribution in [3.8, 4) is 5.88 Å². The van der Waals surface area contributed by atoms with Gasteiger partial charge in [0.1, 0.15) is 12.2 Å². The van der Waals surface area contributed by atoms with Gasteiger partial charge in [0.05, 0.1) is 12.3 Å². The second-order valence-corrected chi connectivity index (χ2v) is 3.85. The van der Waals surface area contributed by atoms with Gasteiger partial charge in [-0.1, -0.05) is 0 Å². The molecule has 0 saturated carbocycles. The van der Waals surface area contributed by atoms with E-state index in [0.29, 0.717) is 6.61 Å². The first-order valence-electron chi connectivity index (χ1n) is 5.57. The summed E-state index contributed by atoms with van der Waals surface area (Å²) in [6, 6.07) is 1.37. The number of aromatic nitrogens is 2. The van der Waals surface area contributed by atoms with E-state index < -0.39 is 5.97 Å². The zero-order chi connectivity index (χ0) is 12.1. The van der Waals surface area contributed by atoms with Crippen LogP contribution < -0.4 is 4.74 Å². The van der Waals surface area contributed by atoms with E-state index in [2.05, 4.69) is 10.2 Å². The van der Waals surface area contributed by atoms with Crippen molar-refractivity contribution in [2.75, 3.05) is 13.2 Å². The molecule has 0 spiro atoms. The molecule has 17 heavy (non-hydrogen) atoms. The third-order valence-electron chi connectivity index (χ3n) is 2.60. The van der Waals surface area contributed by atoms with Gasteiger partial charge in [0.25, 0.3) is 0 Å². The zero-order valence-corrected chi connectivity index (χ0v) is 9.33. The average Bonchev–Trinajstić information content (AvgIpc) is 2.38. The molecule has 1 aromatic rings. The van der Waals surface area contributed by atoms with E-state index in [9.17, 15) is 4.79 Å². The Morgan fingerprint density at radius 3 is 3.18 bits per heavy atom. The van der Waals surface area contributed by atoms with Crippen LogP contribution in [0.4, 0.5) is 0 Å². The summed E-state index contributed by atoms with van der Waals surface area (Å²) in [5.74, 6) is -1.02. The smallest absolute Gasteiger partial charge is 0.341 e. The molecule has 1 N–H and O–H groups in total. The van der Waals surface area contributed by atoms with Crippen molar-refractivity contribution in [3.05, 3.63) is 17.8 Å². The molecule has 1 aromatic heterocycles. The predicted octanol–water partition coefficient (Wildman–Crippen LogP) is 1.12. The van der Waals surface area contributed by atoms with E-state index in [0.717, 1.165) is 25.9 Å². The van der Waals surface area contributed by atoms with Gasteiger partial charge in [-0.25, -0.2) is 4.79 Å². The molecule has 0 aliphatic carbocycles. The van der Waals surface area contributed by atoms with Crippen molar-refractivity contribution in [3.63, 3.8) is 0 Å². The van der Waals surface area contributed by atoms with Crippen LogP contribution in [0.25, 0.3) is 0 Å². The number of rotatable bonds is 4. The topological polar surface area (TPSA) is 81.5 Å². The van der Waals surface area contributed by atoms with E-state index in [4.69, 9.17) is 14.6 Å². The molecule has 2 rings (SSSR count). The number of carbonyl (C=O) groups is 1. The Labute approximate surface area is 98.6 Å². The Morgan fingerprint density at radius 1 is 1.59 bits per heavy atom. The van der Waals surface area contributed by atoms with Crippen LogP contribution in [-0.2, 0) is 4.74 Å². The molecule has 1 aliphatic rings. The van der Waals surface area contributed by atoms with Gasteiger partial charge in [0.2, 0.25) is 5.88 Å². The summed E-state index contributed by atoms with van der Waals surface area (Å²) in [6.07, 6.45) is 4.46. The summed E-state index contributed by atoms with van der Waals surface area (Å²) in [5.41, 5.74) is 0.0239. The van der Waals surface area contributed by atoms with Gasteiger partial charge in [-0.05, 0) is 25.3 Å². The number of aromatic carboxylic acids is 1. The van der Waals surface area contributed by atoms with Crippen LogP contribution in [0.5, 0.6) is 5.88 Å². The Kier molecular flexibility index (Phi) is 3.87. The van der Waals surface area contributed by atoms with Gasteiger partial charge in [0, 0.05) is 6.61 Å². The van der Waals surface area contributed by atoms with Crippen molar-refractivity contribution in [1.82, 2.24) is 10.2 Å². The maximum Gasteiger partial charge on any atom is 0.341 e. The molecule has 0 aromatic carbocycles. The Balaban J connectivity index is 1.96. The number of hydrogen-bond donors (Lipinski definition) is 1.